The fraction of sp³-hybridized carbons (Fsp3) is 0.235. The molecule has 1 aliphatic rings. The highest BCUT2D eigenvalue weighted by Gasteiger charge is 2.13. The van der Waals surface area contributed by atoms with Crippen LogP contribution in [0.15, 0.2) is 36.4 Å². The van der Waals surface area contributed by atoms with Gasteiger partial charge < -0.3 is 9.47 Å². The van der Waals surface area contributed by atoms with Crippen molar-refractivity contribution in [1.29, 1.82) is 0 Å². The minimum Gasteiger partial charge on any atom is -0.497 e. The van der Waals surface area contributed by atoms with Crippen molar-refractivity contribution in [3.8, 4) is 22.6 Å². The molecule has 0 aliphatic carbocycles. The monoisotopic (exact) mass is 268 g/mol. The molecule has 0 N–H and O–H groups in total. The predicted molar refractivity (Wildman–Crippen MR) is 77.6 cm³/mol. The number of aryl methyl sites for hydroxylation is 1. The van der Waals surface area contributed by atoms with E-state index in [0.717, 1.165) is 42.6 Å². The Bertz CT molecular complexity index is 647. The van der Waals surface area contributed by atoms with Gasteiger partial charge in [-0.05, 0) is 59.9 Å². The molecule has 102 valence electrons. The fourth-order valence-electron chi connectivity index (χ4n) is 2.56. The van der Waals surface area contributed by atoms with E-state index in [4.69, 9.17) is 9.47 Å². The molecule has 0 fully saturated rings. The number of hydrogen-bond donors (Lipinski definition) is 0. The zero-order chi connectivity index (χ0) is 13.9. The summed E-state index contributed by atoms with van der Waals surface area (Å²) in [5.41, 5.74) is 3.82. The molecule has 0 saturated carbocycles. The van der Waals surface area contributed by atoms with Crippen LogP contribution in [0.25, 0.3) is 11.1 Å². The first-order valence-corrected chi connectivity index (χ1v) is 6.71. The number of ether oxygens (including phenoxy) is 2. The molecular formula is C17H16O3. The molecule has 0 unspecified atom stereocenters. The van der Waals surface area contributed by atoms with Gasteiger partial charge in [-0.25, -0.2) is 0 Å². The van der Waals surface area contributed by atoms with Crippen LogP contribution in [0.4, 0.5) is 0 Å². The number of carbonyl (C=O) groups excluding carboxylic acids is 1. The number of carbonyl (C=O) groups is 1. The average Bonchev–Trinajstić information content (AvgIpc) is 2.53. The molecule has 20 heavy (non-hydrogen) atoms. The Morgan fingerprint density at radius 1 is 1.20 bits per heavy atom. The Morgan fingerprint density at radius 2 is 2.10 bits per heavy atom. The van der Waals surface area contributed by atoms with E-state index in [1.54, 1.807) is 13.2 Å². The van der Waals surface area contributed by atoms with Crippen LogP contribution in [0, 0.1) is 0 Å². The van der Waals surface area contributed by atoms with Crippen LogP contribution in [-0.2, 0) is 6.42 Å². The number of methoxy groups -OCH3 is 1. The van der Waals surface area contributed by atoms with Gasteiger partial charge in [-0.15, -0.1) is 0 Å². The quantitative estimate of drug-likeness (QED) is 0.799. The van der Waals surface area contributed by atoms with E-state index in [0.29, 0.717) is 11.3 Å². The lowest BCUT2D eigenvalue weighted by Crippen LogP contribution is -2.08. The van der Waals surface area contributed by atoms with Gasteiger partial charge in [-0.3, -0.25) is 4.79 Å². The summed E-state index contributed by atoms with van der Waals surface area (Å²) in [6.45, 7) is 0.786. The van der Waals surface area contributed by atoms with Crippen LogP contribution in [-0.4, -0.2) is 20.0 Å². The Kier molecular flexibility index (Phi) is 3.42. The first kappa shape index (κ1) is 12.7. The van der Waals surface area contributed by atoms with Crippen molar-refractivity contribution in [3.05, 3.63) is 47.5 Å². The van der Waals surface area contributed by atoms with Crippen LogP contribution in [0.3, 0.4) is 0 Å². The lowest BCUT2D eigenvalue weighted by molar-refractivity contribution is 0.112. The Labute approximate surface area is 118 Å². The van der Waals surface area contributed by atoms with Gasteiger partial charge in [0.25, 0.3) is 0 Å². The Balaban J connectivity index is 2.06. The molecule has 3 heteroatoms. The number of hydrogen-bond acceptors (Lipinski definition) is 3. The van der Waals surface area contributed by atoms with Gasteiger partial charge in [0.2, 0.25) is 0 Å². The maximum atomic E-state index is 11.3. The lowest BCUT2D eigenvalue weighted by atomic mass is 9.96. The van der Waals surface area contributed by atoms with Crippen molar-refractivity contribution in [2.75, 3.05) is 13.7 Å². The zero-order valence-corrected chi connectivity index (χ0v) is 11.4. The highest BCUT2D eigenvalue weighted by Crippen LogP contribution is 2.32. The number of fused-ring (bicyclic) bond motifs is 1. The van der Waals surface area contributed by atoms with Gasteiger partial charge in [0.05, 0.1) is 13.7 Å². The van der Waals surface area contributed by atoms with E-state index >= 15 is 0 Å². The number of rotatable bonds is 3. The van der Waals surface area contributed by atoms with Crippen molar-refractivity contribution >= 4 is 6.29 Å². The second-order valence-corrected chi connectivity index (χ2v) is 4.85. The predicted octanol–water partition coefficient (Wildman–Crippen LogP) is 3.50. The fourth-order valence-corrected chi connectivity index (χ4v) is 2.56. The van der Waals surface area contributed by atoms with Gasteiger partial charge in [-0.1, -0.05) is 6.07 Å². The second-order valence-electron chi connectivity index (χ2n) is 4.85. The summed E-state index contributed by atoms with van der Waals surface area (Å²) < 4.78 is 10.8. The maximum absolute atomic E-state index is 11.3. The van der Waals surface area contributed by atoms with Crippen LogP contribution in [0.1, 0.15) is 22.3 Å². The molecule has 0 amide bonds. The first-order valence-electron chi connectivity index (χ1n) is 6.71. The molecule has 0 bridgehead atoms. The van der Waals surface area contributed by atoms with E-state index in [1.807, 2.05) is 24.3 Å². The molecule has 2 aromatic carbocycles. The topological polar surface area (TPSA) is 35.5 Å². The third-order valence-electron chi connectivity index (χ3n) is 3.61. The van der Waals surface area contributed by atoms with Gasteiger partial charge in [0.1, 0.15) is 11.5 Å². The lowest BCUT2D eigenvalue weighted by Gasteiger charge is -2.18. The minimum absolute atomic E-state index is 0.640. The smallest absolute Gasteiger partial charge is 0.150 e. The molecule has 1 aliphatic heterocycles. The number of aldehydes is 1. The van der Waals surface area contributed by atoms with Crippen molar-refractivity contribution in [2.45, 2.75) is 12.8 Å². The molecule has 1 heterocycles. The normalized spacial score (nSPS) is 13.2. The van der Waals surface area contributed by atoms with Gasteiger partial charge in [-0.2, -0.15) is 0 Å². The third kappa shape index (κ3) is 2.27. The molecule has 3 rings (SSSR count). The van der Waals surface area contributed by atoms with Crippen molar-refractivity contribution in [1.82, 2.24) is 0 Å². The van der Waals surface area contributed by atoms with Crippen LogP contribution in [0.2, 0.25) is 0 Å². The highest BCUT2D eigenvalue weighted by atomic mass is 16.5. The molecule has 0 spiro atoms. The summed E-state index contributed by atoms with van der Waals surface area (Å²) in [4.78, 5) is 11.3. The van der Waals surface area contributed by atoms with E-state index in [1.165, 1.54) is 5.56 Å². The Morgan fingerprint density at radius 3 is 2.90 bits per heavy atom. The summed E-state index contributed by atoms with van der Waals surface area (Å²) in [5, 5.41) is 0. The van der Waals surface area contributed by atoms with E-state index in [2.05, 4.69) is 6.07 Å². The van der Waals surface area contributed by atoms with Gasteiger partial charge in [0, 0.05) is 5.56 Å². The van der Waals surface area contributed by atoms with Crippen molar-refractivity contribution in [3.63, 3.8) is 0 Å². The molecule has 3 nitrogen and oxygen atoms in total. The molecular weight excluding hydrogens is 252 g/mol. The molecule has 0 atom stereocenters. The molecule has 0 aromatic heterocycles. The molecule has 0 radical (unpaired) electrons. The standard InChI is InChI=1S/C17H16O3/c1-19-15-5-6-16(14(10-15)11-18)12-4-7-17-13(9-12)3-2-8-20-17/h4-7,9-11H,2-3,8H2,1H3. The van der Waals surface area contributed by atoms with Crippen LogP contribution >= 0.6 is 0 Å². The summed E-state index contributed by atoms with van der Waals surface area (Å²) in [6.07, 6.45) is 2.93. The maximum Gasteiger partial charge on any atom is 0.150 e. The molecule has 2 aromatic rings. The Hall–Kier alpha value is -2.29. The van der Waals surface area contributed by atoms with Crippen molar-refractivity contribution < 1.29 is 14.3 Å². The summed E-state index contributed by atoms with van der Waals surface area (Å²) in [5.74, 6) is 1.65. The minimum atomic E-state index is 0.640. The third-order valence-corrected chi connectivity index (χ3v) is 3.61. The van der Waals surface area contributed by atoms with Gasteiger partial charge >= 0.3 is 0 Å². The second kappa shape index (κ2) is 5.37. The van der Waals surface area contributed by atoms with E-state index in [-0.39, 0.29) is 0 Å². The number of benzene rings is 2. The SMILES string of the molecule is COc1ccc(-c2ccc3c(c2)CCCO3)c(C=O)c1. The first-order chi connectivity index (χ1) is 9.81. The van der Waals surface area contributed by atoms with E-state index in [9.17, 15) is 4.79 Å². The van der Waals surface area contributed by atoms with E-state index < -0.39 is 0 Å². The molecule has 0 saturated heterocycles. The average molecular weight is 268 g/mol. The highest BCUT2D eigenvalue weighted by molar-refractivity contribution is 5.88. The van der Waals surface area contributed by atoms with Crippen LogP contribution in [0.5, 0.6) is 11.5 Å². The van der Waals surface area contributed by atoms with Gasteiger partial charge in [0.15, 0.2) is 6.29 Å². The summed E-state index contributed by atoms with van der Waals surface area (Å²) in [6, 6.07) is 11.7. The largest absolute Gasteiger partial charge is 0.497 e. The summed E-state index contributed by atoms with van der Waals surface area (Å²) >= 11 is 0. The summed E-state index contributed by atoms with van der Waals surface area (Å²) in [7, 11) is 1.60. The zero-order valence-electron chi connectivity index (χ0n) is 11.4. The van der Waals surface area contributed by atoms with Crippen LogP contribution < -0.4 is 9.47 Å². The van der Waals surface area contributed by atoms with Crippen molar-refractivity contribution in [2.24, 2.45) is 0 Å².